The van der Waals surface area contributed by atoms with E-state index < -0.39 is 0 Å². The van der Waals surface area contributed by atoms with Gasteiger partial charge in [-0.3, -0.25) is 0 Å². The van der Waals surface area contributed by atoms with Crippen molar-refractivity contribution in [1.29, 1.82) is 5.26 Å². The van der Waals surface area contributed by atoms with E-state index in [1.807, 2.05) is 18.2 Å². The molecule has 0 amide bonds. The van der Waals surface area contributed by atoms with Crippen LogP contribution >= 0.6 is 12.4 Å². The molecule has 0 saturated carbocycles. The zero-order chi connectivity index (χ0) is 11.3. The molecule has 16 heavy (non-hydrogen) atoms. The first-order chi connectivity index (χ1) is 7.24. The minimum absolute atomic E-state index is 0. The number of halogens is 1. The third kappa shape index (κ3) is 3.02. The first kappa shape index (κ1) is 14.6. The Morgan fingerprint density at radius 3 is 2.56 bits per heavy atom. The van der Waals surface area contributed by atoms with Gasteiger partial charge in [0.1, 0.15) is 0 Å². The summed E-state index contributed by atoms with van der Waals surface area (Å²) < 4.78 is 10.4. The van der Waals surface area contributed by atoms with Gasteiger partial charge in [0.05, 0.1) is 26.7 Å². The van der Waals surface area contributed by atoms with Crippen molar-refractivity contribution in [2.45, 2.75) is 12.5 Å². The molecule has 1 rings (SSSR count). The Bertz CT molecular complexity index is 377. The fraction of sp³-hybridized carbons (Fsp3) is 0.364. The van der Waals surface area contributed by atoms with Crippen molar-refractivity contribution >= 4 is 12.4 Å². The maximum absolute atomic E-state index is 8.59. The zero-order valence-electron chi connectivity index (χ0n) is 9.27. The lowest BCUT2D eigenvalue weighted by Gasteiger charge is -2.15. The first-order valence-corrected chi connectivity index (χ1v) is 4.58. The molecule has 0 aromatic heterocycles. The molecule has 0 unspecified atom stereocenters. The van der Waals surface area contributed by atoms with Gasteiger partial charge < -0.3 is 15.2 Å². The molecule has 0 saturated heterocycles. The minimum Gasteiger partial charge on any atom is -0.493 e. The van der Waals surface area contributed by atoms with E-state index in [4.69, 9.17) is 20.5 Å². The molecule has 1 atom stereocenters. The summed E-state index contributed by atoms with van der Waals surface area (Å²) in [7, 11) is 3.12. The van der Waals surface area contributed by atoms with Crippen LogP contribution < -0.4 is 15.2 Å². The number of nitriles is 1. The SMILES string of the molecule is COc1cccc([C@H](N)CC#N)c1OC.Cl. The van der Waals surface area contributed by atoms with Crippen molar-refractivity contribution in [3.05, 3.63) is 23.8 Å². The number of methoxy groups -OCH3 is 2. The van der Waals surface area contributed by atoms with Crippen LogP contribution in [0.4, 0.5) is 0 Å². The van der Waals surface area contributed by atoms with E-state index in [9.17, 15) is 0 Å². The van der Waals surface area contributed by atoms with Gasteiger partial charge in [-0.05, 0) is 6.07 Å². The molecule has 0 heterocycles. The van der Waals surface area contributed by atoms with E-state index in [0.29, 0.717) is 11.5 Å². The summed E-state index contributed by atoms with van der Waals surface area (Å²) >= 11 is 0. The van der Waals surface area contributed by atoms with Crippen LogP contribution in [0, 0.1) is 11.3 Å². The molecule has 4 nitrogen and oxygen atoms in total. The lowest BCUT2D eigenvalue weighted by Crippen LogP contribution is -2.11. The monoisotopic (exact) mass is 242 g/mol. The van der Waals surface area contributed by atoms with E-state index in [-0.39, 0.29) is 24.9 Å². The van der Waals surface area contributed by atoms with Gasteiger partial charge in [0.2, 0.25) is 0 Å². The molecular formula is C11H15ClN2O2. The van der Waals surface area contributed by atoms with E-state index in [0.717, 1.165) is 5.56 Å². The number of benzene rings is 1. The summed E-state index contributed by atoms with van der Waals surface area (Å²) in [5.74, 6) is 1.23. The molecule has 0 fully saturated rings. The quantitative estimate of drug-likeness (QED) is 0.877. The summed E-state index contributed by atoms with van der Waals surface area (Å²) in [4.78, 5) is 0. The third-order valence-corrected chi connectivity index (χ3v) is 2.14. The van der Waals surface area contributed by atoms with Gasteiger partial charge in [-0.1, -0.05) is 12.1 Å². The van der Waals surface area contributed by atoms with Gasteiger partial charge in [0.25, 0.3) is 0 Å². The Morgan fingerprint density at radius 1 is 1.38 bits per heavy atom. The fourth-order valence-corrected chi connectivity index (χ4v) is 1.41. The highest BCUT2D eigenvalue weighted by Gasteiger charge is 2.15. The van der Waals surface area contributed by atoms with Crippen molar-refractivity contribution in [1.82, 2.24) is 0 Å². The molecule has 0 aliphatic rings. The lowest BCUT2D eigenvalue weighted by atomic mass is 10.0. The lowest BCUT2D eigenvalue weighted by molar-refractivity contribution is 0.349. The Hall–Kier alpha value is -1.44. The number of hydrogen-bond acceptors (Lipinski definition) is 4. The second-order valence-corrected chi connectivity index (χ2v) is 3.05. The standard InChI is InChI=1S/C11H14N2O2.ClH/c1-14-10-5-3-4-8(11(10)15-2)9(13)6-7-12;/h3-5,9H,6,13H2,1-2H3;1H/t9-;/m1./s1. The second kappa shape index (κ2) is 6.94. The molecule has 1 aromatic carbocycles. The van der Waals surface area contributed by atoms with Gasteiger partial charge in [-0.2, -0.15) is 5.26 Å². The van der Waals surface area contributed by atoms with Crippen molar-refractivity contribution in [2.24, 2.45) is 5.73 Å². The number of rotatable bonds is 4. The number of para-hydroxylation sites is 1. The van der Waals surface area contributed by atoms with Gasteiger partial charge in [-0.25, -0.2) is 0 Å². The summed E-state index contributed by atoms with van der Waals surface area (Å²) in [6.07, 6.45) is 0.253. The largest absolute Gasteiger partial charge is 0.493 e. The Balaban J connectivity index is 0.00000225. The number of nitrogens with two attached hydrogens (primary N) is 1. The highest BCUT2D eigenvalue weighted by molar-refractivity contribution is 5.85. The molecule has 5 heteroatoms. The Morgan fingerprint density at radius 2 is 2.06 bits per heavy atom. The molecule has 0 bridgehead atoms. The van der Waals surface area contributed by atoms with Crippen molar-refractivity contribution in [2.75, 3.05) is 14.2 Å². The molecular weight excluding hydrogens is 228 g/mol. The topological polar surface area (TPSA) is 68.3 Å². The summed E-state index contributed by atoms with van der Waals surface area (Å²) in [6, 6.07) is 7.14. The third-order valence-electron chi connectivity index (χ3n) is 2.14. The van der Waals surface area contributed by atoms with Crippen LogP contribution in [0.5, 0.6) is 11.5 Å². The summed E-state index contributed by atoms with van der Waals surface area (Å²) in [5, 5.41) is 8.59. The van der Waals surface area contributed by atoms with Crippen LogP contribution in [-0.2, 0) is 0 Å². The first-order valence-electron chi connectivity index (χ1n) is 4.58. The van der Waals surface area contributed by atoms with Gasteiger partial charge in [0, 0.05) is 11.6 Å². The average Bonchev–Trinajstić information content (AvgIpc) is 2.28. The molecule has 1 aromatic rings. The molecule has 0 aliphatic carbocycles. The smallest absolute Gasteiger partial charge is 0.165 e. The van der Waals surface area contributed by atoms with Gasteiger partial charge in [-0.15, -0.1) is 12.4 Å². The predicted molar refractivity (Wildman–Crippen MR) is 64.0 cm³/mol. The number of nitrogens with zero attached hydrogens (tertiary/aromatic N) is 1. The molecule has 88 valence electrons. The van der Waals surface area contributed by atoms with E-state index >= 15 is 0 Å². The highest BCUT2D eigenvalue weighted by atomic mass is 35.5. The summed E-state index contributed by atoms with van der Waals surface area (Å²) in [5.41, 5.74) is 6.64. The number of hydrogen-bond donors (Lipinski definition) is 1. The second-order valence-electron chi connectivity index (χ2n) is 3.05. The molecule has 2 N–H and O–H groups in total. The van der Waals surface area contributed by atoms with Crippen LogP contribution in [-0.4, -0.2) is 14.2 Å². The van der Waals surface area contributed by atoms with Crippen molar-refractivity contribution in [3.63, 3.8) is 0 Å². The highest BCUT2D eigenvalue weighted by Crippen LogP contribution is 2.34. The fourth-order valence-electron chi connectivity index (χ4n) is 1.41. The van der Waals surface area contributed by atoms with Crippen LogP contribution in [0.15, 0.2) is 18.2 Å². The molecule has 0 aliphatic heterocycles. The van der Waals surface area contributed by atoms with Gasteiger partial charge >= 0.3 is 0 Å². The minimum atomic E-state index is -0.347. The van der Waals surface area contributed by atoms with Crippen molar-refractivity contribution < 1.29 is 9.47 Å². The molecule has 0 radical (unpaired) electrons. The van der Waals surface area contributed by atoms with Crippen LogP contribution in [0.2, 0.25) is 0 Å². The normalized spacial score (nSPS) is 10.9. The number of ether oxygens (including phenoxy) is 2. The predicted octanol–water partition coefficient (Wildman–Crippen LogP) is 2.04. The maximum Gasteiger partial charge on any atom is 0.165 e. The van der Waals surface area contributed by atoms with Crippen LogP contribution in [0.3, 0.4) is 0 Å². The van der Waals surface area contributed by atoms with E-state index in [2.05, 4.69) is 0 Å². The van der Waals surface area contributed by atoms with Crippen LogP contribution in [0.1, 0.15) is 18.0 Å². The summed E-state index contributed by atoms with van der Waals surface area (Å²) in [6.45, 7) is 0. The Kier molecular flexibility index (Phi) is 6.31. The average molecular weight is 243 g/mol. The zero-order valence-corrected chi connectivity index (χ0v) is 10.1. The van der Waals surface area contributed by atoms with E-state index in [1.54, 1.807) is 20.3 Å². The van der Waals surface area contributed by atoms with Crippen LogP contribution in [0.25, 0.3) is 0 Å². The van der Waals surface area contributed by atoms with Gasteiger partial charge in [0.15, 0.2) is 11.5 Å². The molecule has 0 spiro atoms. The Labute approximate surface area is 101 Å². The van der Waals surface area contributed by atoms with E-state index in [1.165, 1.54) is 0 Å². The van der Waals surface area contributed by atoms with Crippen molar-refractivity contribution in [3.8, 4) is 17.6 Å². The maximum atomic E-state index is 8.59.